The standard InChI is InChI=1S/C10H20N2O2/c1-9(14)12-6-3-2-4-10(12)8-11-5-7-13/h10-11,13H,2-8H2,1H3/t10-/m0/s1. The van der Waals surface area contributed by atoms with Crippen molar-refractivity contribution in [1.29, 1.82) is 0 Å². The van der Waals surface area contributed by atoms with E-state index in [0.29, 0.717) is 12.6 Å². The van der Waals surface area contributed by atoms with E-state index in [1.54, 1.807) is 6.92 Å². The van der Waals surface area contributed by atoms with E-state index >= 15 is 0 Å². The van der Waals surface area contributed by atoms with Crippen molar-refractivity contribution in [2.45, 2.75) is 32.2 Å². The molecule has 0 radical (unpaired) electrons. The summed E-state index contributed by atoms with van der Waals surface area (Å²) in [4.78, 5) is 13.2. The van der Waals surface area contributed by atoms with Gasteiger partial charge in [-0.15, -0.1) is 0 Å². The number of nitrogens with one attached hydrogen (secondary N) is 1. The Kier molecular flexibility index (Phi) is 4.90. The van der Waals surface area contributed by atoms with E-state index in [4.69, 9.17) is 5.11 Å². The number of aliphatic hydroxyl groups excluding tert-OH is 1. The molecule has 0 aromatic rings. The minimum absolute atomic E-state index is 0.160. The first kappa shape index (κ1) is 11.5. The molecule has 4 nitrogen and oxygen atoms in total. The molecule has 0 aliphatic carbocycles. The number of rotatable bonds is 4. The number of piperidine rings is 1. The fourth-order valence-corrected chi connectivity index (χ4v) is 1.98. The van der Waals surface area contributed by atoms with Crippen LogP contribution in [0.25, 0.3) is 0 Å². The van der Waals surface area contributed by atoms with Gasteiger partial charge < -0.3 is 15.3 Å². The normalized spacial score (nSPS) is 22.4. The molecule has 1 amide bonds. The number of carbonyl (C=O) groups is 1. The lowest BCUT2D eigenvalue weighted by Crippen LogP contribution is -2.48. The van der Waals surface area contributed by atoms with Gasteiger partial charge in [0.15, 0.2) is 0 Å². The van der Waals surface area contributed by atoms with Crippen LogP contribution < -0.4 is 5.32 Å². The van der Waals surface area contributed by atoms with Gasteiger partial charge in [-0.25, -0.2) is 0 Å². The second-order valence-corrected chi connectivity index (χ2v) is 3.79. The number of carbonyl (C=O) groups excluding carboxylic acids is 1. The molecular weight excluding hydrogens is 180 g/mol. The van der Waals surface area contributed by atoms with Gasteiger partial charge >= 0.3 is 0 Å². The summed E-state index contributed by atoms with van der Waals surface area (Å²) >= 11 is 0. The van der Waals surface area contributed by atoms with Crippen LogP contribution in [0.3, 0.4) is 0 Å². The van der Waals surface area contributed by atoms with Crippen molar-refractivity contribution in [3.8, 4) is 0 Å². The highest BCUT2D eigenvalue weighted by molar-refractivity contribution is 5.73. The van der Waals surface area contributed by atoms with Crippen molar-refractivity contribution in [3.63, 3.8) is 0 Å². The average Bonchev–Trinajstić information content (AvgIpc) is 2.19. The molecule has 1 rings (SSSR count). The van der Waals surface area contributed by atoms with Crippen LogP contribution >= 0.6 is 0 Å². The summed E-state index contributed by atoms with van der Waals surface area (Å²) < 4.78 is 0. The fraction of sp³-hybridized carbons (Fsp3) is 0.900. The van der Waals surface area contributed by atoms with Gasteiger partial charge in [0.25, 0.3) is 0 Å². The minimum atomic E-state index is 0.160. The number of hydrogen-bond acceptors (Lipinski definition) is 3. The Morgan fingerprint density at radius 2 is 2.36 bits per heavy atom. The lowest BCUT2D eigenvalue weighted by Gasteiger charge is -2.35. The Morgan fingerprint density at radius 3 is 3.00 bits per heavy atom. The molecule has 1 aliphatic heterocycles. The fourth-order valence-electron chi connectivity index (χ4n) is 1.98. The summed E-state index contributed by atoms with van der Waals surface area (Å²) in [5.74, 6) is 0.167. The zero-order valence-corrected chi connectivity index (χ0v) is 8.83. The maximum atomic E-state index is 11.3. The van der Waals surface area contributed by atoms with Gasteiger partial charge in [-0.1, -0.05) is 0 Å². The van der Waals surface area contributed by atoms with Crippen LogP contribution in [0.1, 0.15) is 26.2 Å². The SMILES string of the molecule is CC(=O)N1CCCC[C@H]1CNCCO. The van der Waals surface area contributed by atoms with Crippen molar-refractivity contribution >= 4 is 5.91 Å². The van der Waals surface area contributed by atoms with E-state index in [-0.39, 0.29) is 12.5 Å². The molecule has 0 unspecified atom stereocenters. The third kappa shape index (κ3) is 3.27. The second kappa shape index (κ2) is 5.98. The Balaban J connectivity index is 2.34. The lowest BCUT2D eigenvalue weighted by molar-refractivity contribution is -0.132. The number of hydrogen-bond donors (Lipinski definition) is 2. The first-order chi connectivity index (χ1) is 6.75. The predicted octanol–water partition coefficient (Wildman–Crippen LogP) is -0.0307. The molecule has 0 aromatic heterocycles. The summed E-state index contributed by atoms with van der Waals surface area (Å²) in [6.45, 7) is 4.10. The van der Waals surface area contributed by atoms with Crippen molar-refractivity contribution in [1.82, 2.24) is 10.2 Å². The highest BCUT2D eigenvalue weighted by Crippen LogP contribution is 2.16. The van der Waals surface area contributed by atoms with E-state index in [0.717, 1.165) is 25.9 Å². The van der Waals surface area contributed by atoms with Gasteiger partial charge in [-0.2, -0.15) is 0 Å². The van der Waals surface area contributed by atoms with Gasteiger partial charge in [-0.05, 0) is 19.3 Å². The van der Waals surface area contributed by atoms with E-state index in [2.05, 4.69) is 5.32 Å². The van der Waals surface area contributed by atoms with E-state index in [1.165, 1.54) is 6.42 Å². The van der Waals surface area contributed by atoms with Gasteiger partial charge in [0.1, 0.15) is 0 Å². The monoisotopic (exact) mass is 200 g/mol. The molecule has 1 atom stereocenters. The molecule has 1 aliphatic rings. The van der Waals surface area contributed by atoms with Gasteiger partial charge in [0, 0.05) is 32.6 Å². The molecule has 1 heterocycles. The van der Waals surface area contributed by atoms with E-state index in [1.807, 2.05) is 4.90 Å². The third-order valence-corrected chi connectivity index (χ3v) is 2.70. The lowest BCUT2D eigenvalue weighted by atomic mass is 10.0. The maximum absolute atomic E-state index is 11.3. The molecule has 1 saturated heterocycles. The van der Waals surface area contributed by atoms with E-state index in [9.17, 15) is 4.79 Å². The molecular formula is C10H20N2O2. The molecule has 4 heteroatoms. The van der Waals surface area contributed by atoms with Gasteiger partial charge in [0.2, 0.25) is 5.91 Å². The van der Waals surface area contributed by atoms with Crippen LogP contribution in [-0.2, 0) is 4.79 Å². The second-order valence-electron chi connectivity index (χ2n) is 3.79. The highest BCUT2D eigenvalue weighted by atomic mass is 16.3. The Labute approximate surface area is 85.3 Å². The van der Waals surface area contributed by atoms with Gasteiger partial charge in [0.05, 0.1) is 6.61 Å². The summed E-state index contributed by atoms with van der Waals surface area (Å²) in [6, 6.07) is 0.327. The summed E-state index contributed by atoms with van der Waals surface area (Å²) in [5, 5.41) is 11.8. The first-order valence-electron chi connectivity index (χ1n) is 5.34. The number of nitrogens with zero attached hydrogens (tertiary/aromatic N) is 1. The number of amides is 1. The van der Waals surface area contributed by atoms with Crippen LogP contribution in [0.15, 0.2) is 0 Å². The number of aliphatic hydroxyl groups is 1. The van der Waals surface area contributed by atoms with Crippen molar-refractivity contribution in [2.24, 2.45) is 0 Å². The van der Waals surface area contributed by atoms with E-state index < -0.39 is 0 Å². The average molecular weight is 200 g/mol. The molecule has 14 heavy (non-hydrogen) atoms. The largest absolute Gasteiger partial charge is 0.395 e. The molecule has 0 saturated carbocycles. The van der Waals surface area contributed by atoms with Crippen LogP contribution in [-0.4, -0.2) is 48.2 Å². The highest BCUT2D eigenvalue weighted by Gasteiger charge is 2.23. The smallest absolute Gasteiger partial charge is 0.219 e. The Bertz CT molecular complexity index is 185. The topological polar surface area (TPSA) is 52.6 Å². The Morgan fingerprint density at radius 1 is 1.57 bits per heavy atom. The minimum Gasteiger partial charge on any atom is -0.395 e. The zero-order valence-electron chi connectivity index (χ0n) is 8.83. The van der Waals surface area contributed by atoms with Crippen LogP contribution in [0.4, 0.5) is 0 Å². The molecule has 82 valence electrons. The zero-order chi connectivity index (χ0) is 10.4. The molecule has 0 aromatic carbocycles. The van der Waals surface area contributed by atoms with Crippen LogP contribution in [0.5, 0.6) is 0 Å². The summed E-state index contributed by atoms with van der Waals surface area (Å²) in [5.41, 5.74) is 0. The molecule has 0 bridgehead atoms. The quantitative estimate of drug-likeness (QED) is 0.627. The maximum Gasteiger partial charge on any atom is 0.219 e. The Hall–Kier alpha value is -0.610. The predicted molar refractivity (Wildman–Crippen MR) is 55.0 cm³/mol. The summed E-state index contributed by atoms with van der Waals surface area (Å²) in [6.07, 6.45) is 3.41. The van der Waals surface area contributed by atoms with Crippen molar-refractivity contribution in [2.75, 3.05) is 26.2 Å². The number of likely N-dealkylation sites (tertiary alicyclic amines) is 1. The molecule has 1 fully saturated rings. The molecule has 2 N–H and O–H groups in total. The first-order valence-corrected chi connectivity index (χ1v) is 5.34. The summed E-state index contributed by atoms with van der Waals surface area (Å²) in [7, 11) is 0. The van der Waals surface area contributed by atoms with Gasteiger partial charge in [-0.3, -0.25) is 4.79 Å². The van der Waals surface area contributed by atoms with Crippen molar-refractivity contribution in [3.05, 3.63) is 0 Å². The third-order valence-electron chi connectivity index (χ3n) is 2.70. The van der Waals surface area contributed by atoms with Crippen LogP contribution in [0.2, 0.25) is 0 Å². The van der Waals surface area contributed by atoms with Crippen LogP contribution in [0, 0.1) is 0 Å². The molecule has 0 spiro atoms. The van der Waals surface area contributed by atoms with Crippen molar-refractivity contribution < 1.29 is 9.90 Å².